The van der Waals surface area contributed by atoms with E-state index in [1.807, 2.05) is 13.0 Å². The largest absolute Gasteiger partial charge is 0.416 e. The summed E-state index contributed by atoms with van der Waals surface area (Å²) in [7, 11) is -3.83. The van der Waals surface area contributed by atoms with E-state index in [0.717, 1.165) is 12.1 Å². The molecule has 1 aliphatic heterocycles. The Labute approximate surface area is 238 Å². The smallest absolute Gasteiger partial charge is 0.353 e. The highest BCUT2D eigenvalue weighted by molar-refractivity contribution is 7.92. The highest BCUT2D eigenvalue weighted by atomic mass is 32.2. The number of amides is 1. The van der Waals surface area contributed by atoms with Crippen LogP contribution < -0.4 is 9.62 Å². The Morgan fingerprint density at radius 1 is 0.976 bits per heavy atom. The summed E-state index contributed by atoms with van der Waals surface area (Å²) < 4.78 is 80.7. The zero-order valence-corrected chi connectivity index (χ0v) is 23.5. The van der Waals surface area contributed by atoms with Gasteiger partial charge in [-0.3, -0.25) is 14.0 Å². The van der Waals surface area contributed by atoms with E-state index in [9.17, 15) is 30.8 Å². The number of anilines is 1. The topological polar surface area (TPSA) is 69.7 Å². The Morgan fingerprint density at radius 2 is 1.63 bits per heavy atom. The van der Waals surface area contributed by atoms with Gasteiger partial charge in [-0.1, -0.05) is 48.5 Å². The van der Waals surface area contributed by atoms with Gasteiger partial charge in [0.05, 0.1) is 23.4 Å². The van der Waals surface area contributed by atoms with Crippen molar-refractivity contribution in [3.8, 4) is 0 Å². The van der Waals surface area contributed by atoms with Crippen LogP contribution in [0, 0.1) is 5.82 Å². The number of benzene rings is 3. The molecule has 1 fully saturated rings. The minimum absolute atomic E-state index is 0.0172. The Morgan fingerprint density at radius 3 is 2.24 bits per heavy atom. The van der Waals surface area contributed by atoms with Crippen molar-refractivity contribution >= 4 is 21.6 Å². The van der Waals surface area contributed by atoms with Crippen molar-refractivity contribution in [2.75, 3.05) is 23.9 Å². The van der Waals surface area contributed by atoms with E-state index < -0.39 is 27.6 Å². The Kier molecular flexibility index (Phi) is 9.70. The molecule has 1 amide bonds. The van der Waals surface area contributed by atoms with Gasteiger partial charge in [0.25, 0.3) is 0 Å². The van der Waals surface area contributed by atoms with Crippen molar-refractivity contribution in [2.45, 2.75) is 50.2 Å². The van der Waals surface area contributed by atoms with E-state index in [2.05, 4.69) is 10.2 Å². The Balaban J connectivity index is 1.34. The van der Waals surface area contributed by atoms with Crippen molar-refractivity contribution in [3.63, 3.8) is 0 Å². The Bertz CT molecular complexity index is 1410. The summed E-state index contributed by atoms with van der Waals surface area (Å²) >= 11 is 0. The molecule has 220 valence electrons. The van der Waals surface area contributed by atoms with Gasteiger partial charge in [0.1, 0.15) is 5.82 Å². The maximum atomic E-state index is 14.1. The van der Waals surface area contributed by atoms with Gasteiger partial charge in [-0.05, 0) is 61.2 Å². The third kappa shape index (κ3) is 8.53. The molecule has 6 nitrogen and oxygen atoms in total. The van der Waals surface area contributed by atoms with E-state index >= 15 is 0 Å². The third-order valence-corrected chi connectivity index (χ3v) is 8.95. The maximum Gasteiger partial charge on any atom is 0.416 e. The molecule has 0 spiro atoms. The number of hydrogen-bond donors (Lipinski definition) is 1. The lowest BCUT2D eigenvalue weighted by Gasteiger charge is -2.38. The summed E-state index contributed by atoms with van der Waals surface area (Å²) in [6.07, 6.45) is -3.16. The first-order valence-corrected chi connectivity index (χ1v) is 15.0. The Hall–Kier alpha value is -3.44. The summed E-state index contributed by atoms with van der Waals surface area (Å²) in [6, 6.07) is 18.6. The first-order chi connectivity index (χ1) is 19.4. The summed E-state index contributed by atoms with van der Waals surface area (Å²) in [5.74, 6) is -1.01. The van der Waals surface area contributed by atoms with Crippen LogP contribution in [0.2, 0.25) is 0 Å². The molecule has 0 unspecified atom stereocenters. The number of hydrogen-bond acceptors (Lipinski definition) is 4. The molecular weight excluding hydrogens is 558 g/mol. The standard InChI is InChI=1S/C30H33F4N3O3S/c1-22(20-37(28-9-5-8-26(31)19-28)41(39,40)21-24-6-3-2-4-7-24)36-16-14-27(15-17-36)35-29(38)18-23-10-12-25(13-11-23)30(32,33)34/h2-13,19,22,27H,14-18,20-21H2,1H3,(H,35,38)/t22-/m1/s1. The van der Waals surface area contributed by atoms with Crippen molar-refractivity contribution in [1.29, 1.82) is 0 Å². The van der Waals surface area contributed by atoms with Crippen LogP contribution in [0.4, 0.5) is 23.2 Å². The first-order valence-electron chi connectivity index (χ1n) is 13.4. The van der Waals surface area contributed by atoms with Crippen LogP contribution in [-0.4, -0.2) is 50.9 Å². The van der Waals surface area contributed by atoms with Crippen LogP contribution in [0.15, 0.2) is 78.9 Å². The van der Waals surface area contributed by atoms with Gasteiger partial charge in [-0.15, -0.1) is 0 Å². The lowest BCUT2D eigenvalue weighted by Crippen LogP contribution is -2.51. The zero-order valence-electron chi connectivity index (χ0n) is 22.6. The number of sulfonamides is 1. The first kappa shape index (κ1) is 30.5. The number of nitrogens with one attached hydrogen (secondary N) is 1. The quantitative estimate of drug-likeness (QED) is 0.321. The molecule has 1 aliphatic rings. The number of nitrogens with zero attached hydrogens (tertiary/aromatic N) is 2. The van der Waals surface area contributed by atoms with E-state index in [0.29, 0.717) is 37.1 Å². The van der Waals surface area contributed by atoms with Gasteiger partial charge in [0.15, 0.2) is 0 Å². The summed E-state index contributed by atoms with van der Waals surface area (Å²) in [6.45, 7) is 3.28. The molecule has 0 aromatic heterocycles. The number of halogens is 4. The molecule has 0 saturated carbocycles. The number of likely N-dealkylation sites (tertiary alicyclic amines) is 1. The average molecular weight is 592 g/mol. The van der Waals surface area contributed by atoms with Crippen LogP contribution >= 0.6 is 0 Å². The predicted molar refractivity (Wildman–Crippen MR) is 150 cm³/mol. The molecule has 3 aromatic carbocycles. The van der Waals surface area contributed by atoms with E-state index in [1.54, 1.807) is 30.3 Å². The number of piperidine rings is 1. The van der Waals surface area contributed by atoms with Crippen LogP contribution in [0.1, 0.15) is 36.5 Å². The molecule has 0 radical (unpaired) electrons. The van der Waals surface area contributed by atoms with E-state index in [1.165, 1.54) is 34.6 Å². The van der Waals surface area contributed by atoms with Crippen LogP contribution in [0.3, 0.4) is 0 Å². The fraction of sp³-hybridized carbons (Fsp3) is 0.367. The lowest BCUT2D eigenvalue weighted by atomic mass is 10.0. The number of carbonyl (C=O) groups excluding carboxylic acids is 1. The second-order valence-electron chi connectivity index (χ2n) is 10.4. The number of rotatable bonds is 10. The van der Waals surface area contributed by atoms with E-state index in [4.69, 9.17) is 0 Å². The van der Waals surface area contributed by atoms with Crippen LogP contribution in [0.5, 0.6) is 0 Å². The highest BCUT2D eigenvalue weighted by Crippen LogP contribution is 2.29. The van der Waals surface area contributed by atoms with E-state index in [-0.39, 0.29) is 42.4 Å². The second-order valence-corrected chi connectivity index (χ2v) is 12.2. The number of alkyl halides is 3. The monoisotopic (exact) mass is 591 g/mol. The minimum Gasteiger partial charge on any atom is -0.353 e. The van der Waals surface area contributed by atoms with Crippen molar-refractivity contribution in [1.82, 2.24) is 10.2 Å². The molecule has 3 aromatic rings. The minimum atomic E-state index is -4.42. The molecule has 41 heavy (non-hydrogen) atoms. The summed E-state index contributed by atoms with van der Waals surface area (Å²) in [5.41, 5.74) is 0.635. The molecule has 0 bridgehead atoms. The normalized spacial score (nSPS) is 15.8. The van der Waals surface area contributed by atoms with Crippen molar-refractivity contribution < 1.29 is 30.8 Å². The fourth-order valence-electron chi connectivity index (χ4n) is 4.99. The van der Waals surface area contributed by atoms with Crippen molar-refractivity contribution in [2.24, 2.45) is 0 Å². The predicted octanol–water partition coefficient (Wildman–Crippen LogP) is 5.39. The van der Waals surface area contributed by atoms with Gasteiger partial charge in [0.2, 0.25) is 15.9 Å². The average Bonchev–Trinajstić information content (AvgIpc) is 2.92. The van der Waals surface area contributed by atoms with Crippen LogP contribution in [0.25, 0.3) is 0 Å². The van der Waals surface area contributed by atoms with Gasteiger partial charge >= 0.3 is 6.18 Å². The number of carbonyl (C=O) groups is 1. The van der Waals surface area contributed by atoms with Gasteiger partial charge in [0, 0.05) is 31.7 Å². The van der Waals surface area contributed by atoms with Crippen molar-refractivity contribution in [3.05, 3.63) is 101 Å². The maximum absolute atomic E-state index is 14.1. The fourth-order valence-corrected chi connectivity index (χ4v) is 6.64. The molecule has 0 aliphatic carbocycles. The molecule has 11 heteroatoms. The van der Waals surface area contributed by atoms with Crippen LogP contribution in [-0.2, 0) is 33.2 Å². The van der Waals surface area contributed by atoms with Gasteiger partial charge in [-0.25, -0.2) is 12.8 Å². The second kappa shape index (κ2) is 13.0. The SMILES string of the molecule is C[C@H](CN(c1cccc(F)c1)S(=O)(=O)Cc1ccccc1)N1CCC(NC(=O)Cc2ccc(C(F)(F)F)cc2)CC1. The third-order valence-electron chi connectivity index (χ3n) is 7.22. The molecule has 1 saturated heterocycles. The molecule has 1 heterocycles. The molecule has 1 N–H and O–H groups in total. The molecule has 1 atom stereocenters. The zero-order chi connectivity index (χ0) is 29.6. The van der Waals surface area contributed by atoms with Gasteiger partial charge in [-0.2, -0.15) is 13.2 Å². The van der Waals surface area contributed by atoms with Gasteiger partial charge < -0.3 is 5.32 Å². The lowest BCUT2D eigenvalue weighted by molar-refractivity contribution is -0.137. The summed E-state index contributed by atoms with van der Waals surface area (Å²) in [5, 5.41) is 2.96. The summed E-state index contributed by atoms with van der Waals surface area (Å²) in [4.78, 5) is 14.7. The molecule has 4 rings (SSSR count). The molecular formula is C30H33F4N3O3S. The highest BCUT2D eigenvalue weighted by Gasteiger charge is 2.31.